The molecule has 1 fully saturated rings. The summed E-state index contributed by atoms with van der Waals surface area (Å²) in [5.74, 6) is 1.15. The summed E-state index contributed by atoms with van der Waals surface area (Å²) in [4.78, 5) is 14.4. The second-order valence-electron chi connectivity index (χ2n) is 5.59. The maximum Gasteiger partial charge on any atom is 0.244 e. The second kappa shape index (κ2) is 7.01. The van der Waals surface area contributed by atoms with E-state index in [1.54, 1.807) is 10.9 Å². The van der Waals surface area contributed by atoms with Gasteiger partial charge in [0.25, 0.3) is 0 Å². The van der Waals surface area contributed by atoms with E-state index in [4.69, 9.17) is 0 Å². The van der Waals surface area contributed by atoms with Crippen LogP contribution in [0.15, 0.2) is 42.7 Å². The number of aromatic nitrogens is 2. The zero-order valence-electron chi connectivity index (χ0n) is 12.8. The van der Waals surface area contributed by atoms with Gasteiger partial charge < -0.3 is 4.90 Å². The van der Waals surface area contributed by atoms with Crippen molar-refractivity contribution in [1.29, 1.82) is 0 Å². The van der Waals surface area contributed by atoms with Gasteiger partial charge in [-0.2, -0.15) is 16.9 Å². The van der Waals surface area contributed by atoms with E-state index < -0.39 is 0 Å². The van der Waals surface area contributed by atoms with Crippen molar-refractivity contribution in [3.8, 4) is 0 Å². The molecule has 1 atom stereocenters. The SMILES string of the molecule is Cc1ccccc1C1CCN(C(=O)Cn2cccn2)CCS1. The molecule has 1 aliphatic heterocycles. The number of carbonyl (C=O) groups is 1. The minimum Gasteiger partial charge on any atom is -0.340 e. The van der Waals surface area contributed by atoms with Crippen molar-refractivity contribution < 1.29 is 4.79 Å². The monoisotopic (exact) mass is 315 g/mol. The molecule has 1 aliphatic rings. The number of benzene rings is 1. The lowest BCUT2D eigenvalue weighted by Crippen LogP contribution is -2.35. The molecule has 0 radical (unpaired) electrons. The van der Waals surface area contributed by atoms with Gasteiger partial charge >= 0.3 is 0 Å². The molecule has 1 saturated heterocycles. The third kappa shape index (κ3) is 3.53. The van der Waals surface area contributed by atoms with Crippen LogP contribution in [0.1, 0.15) is 22.8 Å². The number of aryl methyl sites for hydroxylation is 1. The summed E-state index contributed by atoms with van der Waals surface area (Å²) >= 11 is 1.96. The molecule has 0 saturated carbocycles. The van der Waals surface area contributed by atoms with Crippen LogP contribution in [-0.4, -0.2) is 39.4 Å². The van der Waals surface area contributed by atoms with Crippen molar-refractivity contribution in [3.05, 3.63) is 53.9 Å². The van der Waals surface area contributed by atoms with E-state index in [0.29, 0.717) is 11.8 Å². The molecular formula is C17H21N3OS. The van der Waals surface area contributed by atoms with E-state index in [2.05, 4.69) is 36.3 Å². The largest absolute Gasteiger partial charge is 0.340 e. The van der Waals surface area contributed by atoms with Gasteiger partial charge in [0.05, 0.1) is 0 Å². The fourth-order valence-electron chi connectivity index (χ4n) is 2.85. The van der Waals surface area contributed by atoms with Gasteiger partial charge in [0.1, 0.15) is 6.54 Å². The Morgan fingerprint density at radius 1 is 1.32 bits per heavy atom. The highest BCUT2D eigenvalue weighted by Gasteiger charge is 2.22. The predicted octanol–water partition coefficient (Wildman–Crippen LogP) is 2.90. The Morgan fingerprint density at radius 3 is 2.95 bits per heavy atom. The Kier molecular flexibility index (Phi) is 4.83. The smallest absolute Gasteiger partial charge is 0.244 e. The average molecular weight is 315 g/mol. The minimum atomic E-state index is 0.162. The van der Waals surface area contributed by atoms with E-state index in [1.807, 2.05) is 28.9 Å². The summed E-state index contributed by atoms with van der Waals surface area (Å²) in [5.41, 5.74) is 2.75. The van der Waals surface area contributed by atoms with E-state index in [1.165, 1.54) is 11.1 Å². The molecule has 5 heteroatoms. The van der Waals surface area contributed by atoms with Gasteiger partial charge in [-0.25, -0.2) is 0 Å². The summed E-state index contributed by atoms with van der Waals surface area (Å²) in [5, 5.41) is 4.60. The Hall–Kier alpha value is -1.75. The number of nitrogens with zero attached hydrogens (tertiary/aromatic N) is 3. The molecule has 0 N–H and O–H groups in total. The molecule has 22 heavy (non-hydrogen) atoms. The topological polar surface area (TPSA) is 38.1 Å². The zero-order chi connectivity index (χ0) is 15.4. The number of rotatable bonds is 3. The molecule has 1 amide bonds. The van der Waals surface area contributed by atoms with Gasteiger partial charge in [0, 0.05) is 36.5 Å². The quantitative estimate of drug-likeness (QED) is 0.874. The molecule has 4 nitrogen and oxygen atoms in total. The molecular weight excluding hydrogens is 294 g/mol. The van der Waals surface area contributed by atoms with Gasteiger partial charge in [-0.05, 0) is 30.5 Å². The van der Waals surface area contributed by atoms with Crippen LogP contribution in [-0.2, 0) is 11.3 Å². The van der Waals surface area contributed by atoms with Crippen molar-refractivity contribution in [3.63, 3.8) is 0 Å². The molecule has 2 heterocycles. The lowest BCUT2D eigenvalue weighted by atomic mass is 10.0. The van der Waals surface area contributed by atoms with Crippen molar-refractivity contribution in [2.24, 2.45) is 0 Å². The number of hydrogen-bond acceptors (Lipinski definition) is 3. The second-order valence-corrected chi connectivity index (χ2v) is 6.90. The zero-order valence-corrected chi connectivity index (χ0v) is 13.6. The van der Waals surface area contributed by atoms with Crippen LogP contribution in [0.2, 0.25) is 0 Å². The Bertz CT molecular complexity index is 627. The van der Waals surface area contributed by atoms with E-state index in [-0.39, 0.29) is 5.91 Å². The molecule has 1 aromatic carbocycles. The van der Waals surface area contributed by atoms with Crippen molar-refractivity contribution in [2.75, 3.05) is 18.8 Å². The molecule has 0 aliphatic carbocycles. The maximum absolute atomic E-state index is 12.4. The third-order valence-corrected chi connectivity index (χ3v) is 5.40. The first-order chi connectivity index (χ1) is 10.7. The summed E-state index contributed by atoms with van der Waals surface area (Å²) in [7, 11) is 0. The lowest BCUT2D eigenvalue weighted by molar-refractivity contribution is -0.131. The summed E-state index contributed by atoms with van der Waals surface area (Å²) < 4.78 is 1.69. The third-order valence-electron chi connectivity index (χ3n) is 4.09. The van der Waals surface area contributed by atoms with Crippen LogP contribution in [0, 0.1) is 6.92 Å². The molecule has 1 unspecified atom stereocenters. The van der Waals surface area contributed by atoms with Gasteiger partial charge in [-0.3, -0.25) is 9.48 Å². The van der Waals surface area contributed by atoms with Crippen LogP contribution < -0.4 is 0 Å². The number of hydrogen-bond donors (Lipinski definition) is 0. The lowest BCUT2D eigenvalue weighted by Gasteiger charge is -2.20. The van der Waals surface area contributed by atoms with Crippen LogP contribution >= 0.6 is 11.8 Å². The fourth-order valence-corrected chi connectivity index (χ4v) is 4.18. The average Bonchev–Trinajstić information content (AvgIpc) is 2.90. The Balaban J connectivity index is 1.62. The fraction of sp³-hybridized carbons (Fsp3) is 0.412. The minimum absolute atomic E-state index is 0.162. The first-order valence-corrected chi connectivity index (χ1v) is 8.71. The van der Waals surface area contributed by atoms with Crippen LogP contribution in [0.3, 0.4) is 0 Å². The van der Waals surface area contributed by atoms with Gasteiger partial charge in [-0.15, -0.1) is 0 Å². The highest BCUT2D eigenvalue weighted by Crippen LogP contribution is 2.35. The normalized spacial score (nSPS) is 19.0. The van der Waals surface area contributed by atoms with Crippen molar-refractivity contribution in [1.82, 2.24) is 14.7 Å². The first kappa shape index (κ1) is 15.2. The van der Waals surface area contributed by atoms with Crippen molar-refractivity contribution >= 4 is 17.7 Å². The molecule has 0 spiro atoms. The highest BCUT2D eigenvalue weighted by molar-refractivity contribution is 7.99. The maximum atomic E-state index is 12.4. The highest BCUT2D eigenvalue weighted by atomic mass is 32.2. The molecule has 1 aromatic heterocycles. The van der Waals surface area contributed by atoms with Gasteiger partial charge in [0.2, 0.25) is 5.91 Å². The van der Waals surface area contributed by atoms with Crippen LogP contribution in [0.5, 0.6) is 0 Å². The standard InChI is InChI=1S/C17H21N3OS/c1-14-5-2-3-6-15(14)16-7-10-19(11-12-22-16)17(21)13-20-9-4-8-18-20/h2-6,8-9,16H,7,10-13H2,1H3. The van der Waals surface area contributed by atoms with Gasteiger partial charge in [0.15, 0.2) is 0 Å². The number of thioether (sulfide) groups is 1. The molecule has 2 aromatic rings. The molecule has 3 rings (SSSR count). The van der Waals surface area contributed by atoms with E-state index >= 15 is 0 Å². The Morgan fingerprint density at radius 2 is 2.18 bits per heavy atom. The molecule has 116 valence electrons. The summed E-state index contributed by atoms with van der Waals surface area (Å²) in [6.07, 6.45) is 4.56. The van der Waals surface area contributed by atoms with Crippen LogP contribution in [0.4, 0.5) is 0 Å². The molecule has 0 bridgehead atoms. The number of amides is 1. The number of carbonyl (C=O) groups excluding carboxylic acids is 1. The first-order valence-electron chi connectivity index (χ1n) is 7.66. The predicted molar refractivity (Wildman–Crippen MR) is 89.8 cm³/mol. The van der Waals surface area contributed by atoms with E-state index in [9.17, 15) is 4.79 Å². The van der Waals surface area contributed by atoms with Gasteiger partial charge in [-0.1, -0.05) is 24.3 Å². The van der Waals surface area contributed by atoms with Crippen molar-refractivity contribution in [2.45, 2.75) is 25.1 Å². The Labute approximate surface area is 135 Å². The van der Waals surface area contributed by atoms with Crippen LogP contribution in [0.25, 0.3) is 0 Å². The summed E-state index contributed by atoms with van der Waals surface area (Å²) in [6, 6.07) is 10.4. The summed E-state index contributed by atoms with van der Waals surface area (Å²) in [6.45, 7) is 4.16. The van der Waals surface area contributed by atoms with E-state index in [0.717, 1.165) is 25.3 Å².